The van der Waals surface area contributed by atoms with Crippen molar-refractivity contribution in [3.63, 3.8) is 0 Å². The third kappa shape index (κ3) is 3.54. The van der Waals surface area contributed by atoms with Crippen molar-refractivity contribution in [2.24, 2.45) is 4.99 Å². The molecule has 0 aromatic heterocycles. The molecule has 1 atom stereocenters. The normalized spacial score (nSPS) is 20.6. The summed E-state index contributed by atoms with van der Waals surface area (Å²) in [6, 6.07) is 7.18. The highest BCUT2D eigenvalue weighted by molar-refractivity contribution is 5.93. The van der Waals surface area contributed by atoms with Crippen LogP contribution >= 0.6 is 0 Å². The molecule has 0 aliphatic carbocycles. The molecule has 1 aliphatic heterocycles. The molecule has 5 heteroatoms. The molecule has 1 N–H and O–H groups in total. The lowest BCUT2D eigenvalue weighted by atomic mass is 9.86. The van der Waals surface area contributed by atoms with Gasteiger partial charge in [-0.15, -0.1) is 0 Å². The number of nitrogens with zero attached hydrogens (tertiary/aromatic N) is 1. The highest BCUT2D eigenvalue weighted by Gasteiger charge is 2.41. The SMILES string of the molecule is COC/C(C)=C/NC=NC1c2ccccc2C(=O)OC1(C)C. The molecule has 0 bridgehead atoms. The van der Waals surface area contributed by atoms with Crippen molar-refractivity contribution in [1.29, 1.82) is 0 Å². The fourth-order valence-electron chi connectivity index (χ4n) is 2.47. The summed E-state index contributed by atoms with van der Waals surface area (Å²) in [5, 5.41) is 3.02. The van der Waals surface area contributed by atoms with E-state index in [2.05, 4.69) is 10.3 Å². The number of hydrogen-bond acceptors (Lipinski definition) is 4. The smallest absolute Gasteiger partial charge is 0.339 e. The number of benzene rings is 1. The molecule has 5 nitrogen and oxygen atoms in total. The molecule has 0 saturated carbocycles. The maximum atomic E-state index is 12.0. The molecule has 0 spiro atoms. The van der Waals surface area contributed by atoms with E-state index in [9.17, 15) is 4.79 Å². The minimum absolute atomic E-state index is 0.245. The molecule has 118 valence electrons. The van der Waals surface area contributed by atoms with Crippen LogP contribution in [0, 0.1) is 0 Å². The highest BCUT2D eigenvalue weighted by atomic mass is 16.6. The van der Waals surface area contributed by atoms with Crippen LogP contribution in [0.15, 0.2) is 41.0 Å². The van der Waals surface area contributed by atoms with Crippen LogP contribution in [0.25, 0.3) is 0 Å². The van der Waals surface area contributed by atoms with Crippen LogP contribution < -0.4 is 5.32 Å². The standard InChI is InChI=1S/C17H22N2O3/c1-12(10-21-4)9-18-11-19-15-13-7-5-6-8-14(13)16(20)22-17(15,2)3/h5-9,11,15H,10H2,1-4H3,(H,18,19)/b12-9+. The fourth-order valence-corrected chi connectivity index (χ4v) is 2.47. The molecular formula is C17H22N2O3. The molecular weight excluding hydrogens is 280 g/mol. The van der Waals surface area contributed by atoms with Gasteiger partial charge in [-0.2, -0.15) is 0 Å². The second-order valence-corrected chi connectivity index (χ2v) is 5.85. The number of aliphatic imine (C=N–C) groups is 1. The van der Waals surface area contributed by atoms with Crippen LogP contribution in [0.2, 0.25) is 0 Å². The number of rotatable bonds is 5. The maximum Gasteiger partial charge on any atom is 0.339 e. The lowest BCUT2D eigenvalue weighted by molar-refractivity contribution is -0.0195. The lowest BCUT2D eigenvalue weighted by Gasteiger charge is -2.36. The molecule has 2 rings (SSSR count). The van der Waals surface area contributed by atoms with E-state index in [-0.39, 0.29) is 12.0 Å². The minimum Gasteiger partial charge on any atom is -0.453 e. The number of nitrogens with one attached hydrogen (secondary N) is 1. The first-order valence-corrected chi connectivity index (χ1v) is 7.20. The number of fused-ring (bicyclic) bond motifs is 1. The van der Waals surface area contributed by atoms with E-state index < -0.39 is 5.60 Å². The first-order chi connectivity index (χ1) is 10.5. The van der Waals surface area contributed by atoms with Crippen LogP contribution in [0.3, 0.4) is 0 Å². The first-order valence-electron chi connectivity index (χ1n) is 7.20. The zero-order valence-electron chi connectivity index (χ0n) is 13.4. The number of cyclic esters (lactones) is 1. The number of methoxy groups -OCH3 is 1. The Morgan fingerprint density at radius 3 is 2.91 bits per heavy atom. The molecule has 1 unspecified atom stereocenters. The molecule has 1 heterocycles. The Bertz CT molecular complexity index is 606. The Morgan fingerprint density at radius 1 is 1.45 bits per heavy atom. The van der Waals surface area contributed by atoms with E-state index in [1.165, 1.54) is 0 Å². The van der Waals surface area contributed by atoms with E-state index in [1.807, 2.05) is 45.2 Å². The van der Waals surface area contributed by atoms with Crippen LogP contribution in [0.5, 0.6) is 0 Å². The van der Waals surface area contributed by atoms with Gasteiger partial charge in [0.25, 0.3) is 0 Å². The average molecular weight is 302 g/mol. The van der Waals surface area contributed by atoms with E-state index >= 15 is 0 Å². The molecule has 1 aliphatic rings. The summed E-state index contributed by atoms with van der Waals surface area (Å²) in [6.45, 7) is 6.27. The molecule has 22 heavy (non-hydrogen) atoms. The van der Waals surface area contributed by atoms with Gasteiger partial charge in [0, 0.05) is 13.3 Å². The Hall–Kier alpha value is -2.14. The van der Waals surface area contributed by atoms with Crippen LogP contribution in [0.1, 0.15) is 42.7 Å². The quantitative estimate of drug-likeness (QED) is 0.516. The first kappa shape index (κ1) is 16.2. The Balaban J connectivity index is 2.20. The number of ether oxygens (including phenoxy) is 2. The number of carbonyl (C=O) groups excluding carboxylic acids is 1. The molecule has 0 amide bonds. The van der Waals surface area contributed by atoms with Gasteiger partial charge in [0.05, 0.1) is 18.5 Å². The van der Waals surface area contributed by atoms with Gasteiger partial charge in [0.2, 0.25) is 0 Å². The highest BCUT2D eigenvalue weighted by Crippen LogP contribution is 2.39. The lowest BCUT2D eigenvalue weighted by Crippen LogP contribution is -2.39. The monoisotopic (exact) mass is 302 g/mol. The summed E-state index contributed by atoms with van der Waals surface area (Å²) in [6.07, 6.45) is 3.46. The summed E-state index contributed by atoms with van der Waals surface area (Å²) in [4.78, 5) is 16.6. The van der Waals surface area contributed by atoms with Crippen molar-refractivity contribution in [2.45, 2.75) is 32.4 Å². The van der Waals surface area contributed by atoms with E-state index in [1.54, 1.807) is 19.5 Å². The third-order valence-corrected chi connectivity index (χ3v) is 3.49. The van der Waals surface area contributed by atoms with Gasteiger partial charge < -0.3 is 14.8 Å². The van der Waals surface area contributed by atoms with Crippen LogP contribution in [-0.4, -0.2) is 31.6 Å². The topological polar surface area (TPSA) is 59.9 Å². The number of carbonyl (C=O) groups is 1. The third-order valence-electron chi connectivity index (χ3n) is 3.49. The van der Waals surface area contributed by atoms with E-state index in [0.717, 1.165) is 11.1 Å². The van der Waals surface area contributed by atoms with Crippen molar-refractivity contribution in [3.05, 3.63) is 47.2 Å². The maximum absolute atomic E-state index is 12.0. The Labute approximate surface area is 131 Å². The largest absolute Gasteiger partial charge is 0.453 e. The van der Waals surface area contributed by atoms with Crippen LogP contribution in [0.4, 0.5) is 0 Å². The second kappa shape index (κ2) is 6.75. The zero-order valence-corrected chi connectivity index (χ0v) is 13.4. The van der Waals surface area contributed by atoms with Crippen molar-refractivity contribution < 1.29 is 14.3 Å². The van der Waals surface area contributed by atoms with Gasteiger partial charge in [-0.1, -0.05) is 18.2 Å². The molecule has 0 fully saturated rings. The predicted octanol–water partition coefficient (Wildman–Crippen LogP) is 2.84. The summed E-state index contributed by atoms with van der Waals surface area (Å²) < 4.78 is 10.5. The molecule has 1 aromatic carbocycles. The van der Waals surface area contributed by atoms with Gasteiger partial charge in [-0.05, 0) is 38.0 Å². The van der Waals surface area contributed by atoms with Crippen molar-refractivity contribution in [3.8, 4) is 0 Å². The van der Waals surface area contributed by atoms with Crippen molar-refractivity contribution in [1.82, 2.24) is 5.32 Å². The Kier molecular flexibility index (Phi) is 4.98. The van der Waals surface area contributed by atoms with Gasteiger partial charge >= 0.3 is 5.97 Å². The van der Waals surface area contributed by atoms with Crippen LogP contribution in [-0.2, 0) is 9.47 Å². The summed E-state index contributed by atoms with van der Waals surface area (Å²) in [5.41, 5.74) is 1.84. The fraction of sp³-hybridized carbons (Fsp3) is 0.412. The summed E-state index contributed by atoms with van der Waals surface area (Å²) in [5.74, 6) is -0.296. The van der Waals surface area contributed by atoms with Gasteiger partial charge in [-0.3, -0.25) is 4.99 Å². The summed E-state index contributed by atoms with van der Waals surface area (Å²) in [7, 11) is 1.65. The van der Waals surface area contributed by atoms with E-state index in [0.29, 0.717) is 12.2 Å². The number of hydrogen-bond donors (Lipinski definition) is 1. The average Bonchev–Trinajstić information content (AvgIpc) is 2.46. The Morgan fingerprint density at radius 2 is 2.18 bits per heavy atom. The molecule has 0 saturated heterocycles. The predicted molar refractivity (Wildman–Crippen MR) is 85.9 cm³/mol. The van der Waals surface area contributed by atoms with Crippen molar-refractivity contribution >= 4 is 12.3 Å². The molecule has 0 radical (unpaired) electrons. The van der Waals surface area contributed by atoms with Crippen molar-refractivity contribution in [2.75, 3.05) is 13.7 Å². The minimum atomic E-state index is -0.686. The van der Waals surface area contributed by atoms with Gasteiger partial charge in [-0.25, -0.2) is 4.79 Å². The second-order valence-electron chi connectivity index (χ2n) is 5.85. The van der Waals surface area contributed by atoms with E-state index in [4.69, 9.17) is 9.47 Å². The number of esters is 1. The molecule has 1 aromatic rings. The van der Waals surface area contributed by atoms with Gasteiger partial charge in [0.15, 0.2) is 0 Å². The van der Waals surface area contributed by atoms with Gasteiger partial charge in [0.1, 0.15) is 11.6 Å². The zero-order chi connectivity index (χ0) is 16.2. The summed E-state index contributed by atoms with van der Waals surface area (Å²) >= 11 is 0.